The van der Waals surface area contributed by atoms with Gasteiger partial charge in [0.25, 0.3) is 0 Å². The Hall–Kier alpha value is -0.0105. The fourth-order valence-corrected chi connectivity index (χ4v) is 0. The molecule has 5 heavy (non-hydrogen) atoms. The summed E-state index contributed by atoms with van der Waals surface area (Å²) in [5.41, 5.74) is 0. The van der Waals surface area contributed by atoms with Gasteiger partial charge in [0.1, 0.15) is 0 Å². The van der Waals surface area contributed by atoms with Gasteiger partial charge < -0.3 is 0 Å². The zero-order chi connectivity index (χ0) is 4.28. The predicted molar refractivity (Wildman–Crippen MR) is 18.2 cm³/mol. The molecule has 0 atom stereocenters. The van der Waals surface area contributed by atoms with Crippen molar-refractivity contribution in [1.82, 2.24) is 0 Å². The Morgan fingerprint density at radius 2 is 2.20 bits per heavy atom. The van der Waals surface area contributed by atoms with E-state index in [1.54, 1.807) is 0 Å². The zero-order valence-electron chi connectivity index (χ0n) is 2.47. The number of rotatable bonds is 1. The molecule has 0 aromatic carbocycles. The fourth-order valence-electron chi connectivity index (χ4n) is 0. The van der Waals surface area contributed by atoms with Crippen molar-refractivity contribution in [2.75, 3.05) is 0 Å². The maximum atomic E-state index is 9.34. The van der Waals surface area contributed by atoms with E-state index in [9.17, 15) is 4.79 Å². The van der Waals surface area contributed by atoms with E-state index in [-0.39, 0.29) is 5.32 Å². The van der Waals surface area contributed by atoms with Crippen LogP contribution >= 0.6 is 0 Å². The average molecular weight is 138 g/mol. The number of hydrogen-bond acceptors (Lipinski definition) is 1. The molecule has 0 aliphatic rings. The van der Waals surface area contributed by atoms with Gasteiger partial charge in [-0.25, -0.2) is 0 Å². The summed E-state index contributed by atoms with van der Waals surface area (Å²) in [5, 5.41) is 7.79. The summed E-state index contributed by atoms with van der Waals surface area (Å²) < 4.78 is 0. The van der Waals surface area contributed by atoms with Gasteiger partial charge >= 0.3 is 37.2 Å². The Kier molecular flexibility index (Phi) is 2.24. The molecule has 0 rings (SSSR count). The number of carboxylic acids is 1. The van der Waals surface area contributed by atoms with Crippen molar-refractivity contribution in [1.29, 1.82) is 0 Å². The molecule has 0 aromatic rings. The van der Waals surface area contributed by atoms with E-state index < -0.39 is 5.97 Å². The van der Waals surface area contributed by atoms with Crippen LogP contribution < -0.4 is 0 Å². The molecule has 0 unspecified atom stereocenters. The van der Waals surface area contributed by atoms with E-state index in [0.717, 1.165) is 0 Å². The third-order valence-electron chi connectivity index (χ3n) is 0.123. The van der Waals surface area contributed by atoms with Crippen molar-refractivity contribution in [3.63, 3.8) is 0 Å². The van der Waals surface area contributed by atoms with Crippen LogP contribution in [0.1, 0.15) is 0 Å². The van der Waals surface area contributed by atoms with Gasteiger partial charge in [0.15, 0.2) is 0 Å². The third-order valence-corrected chi connectivity index (χ3v) is 0.642. The second-order valence-corrected chi connectivity index (χ2v) is 1.14. The molecule has 2 nitrogen and oxygen atoms in total. The second-order valence-electron chi connectivity index (χ2n) is 0.538. The molecule has 0 bridgehead atoms. The summed E-state index contributed by atoms with van der Waals surface area (Å²) in [7, 11) is 0. The molecule has 29 valence electrons. The topological polar surface area (TPSA) is 37.3 Å². The van der Waals surface area contributed by atoms with Crippen molar-refractivity contribution < 1.29 is 9.90 Å². The van der Waals surface area contributed by atoms with Gasteiger partial charge in [-0.2, -0.15) is 0 Å². The van der Waals surface area contributed by atoms with E-state index in [0.29, 0.717) is 0 Å². The minimum atomic E-state index is -0.801. The van der Waals surface area contributed by atoms with Gasteiger partial charge in [0.2, 0.25) is 0 Å². The van der Waals surface area contributed by atoms with Gasteiger partial charge in [-0.3, -0.25) is 0 Å². The van der Waals surface area contributed by atoms with Crippen LogP contribution in [0.15, 0.2) is 0 Å². The van der Waals surface area contributed by atoms with Gasteiger partial charge in [-0.15, -0.1) is 0 Å². The monoisotopic (exact) mass is 139 g/mol. The normalized spacial score (nSPS) is 7.40. The van der Waals surface area contributed by atoms with Crippen LogP contribution in [0.4, 0.5) is 0 Å². The molecule has 0 amide bonds. The molecule has 0 spiro atoms. The number of carboxylic acid groups (broad SMARTS) is 1. The maximum absolute atomic E-state index is 9.34. The van der Waals surface area contributed by atoms with Crippen molar-refractivity contribution in [2.24, 2.45) is 0 Å². The van der Waals surface area contributed by atoms with Crippen molar-refractivity contribution in [3.05, 3.63) is 0 Å². The molecule has 0 aliphatic carbocycles. The SMILES string of the molecule is O=C(O)C[Se]. The van der Waals surface area contributed by atoms with Gasteiger partial charge in [-0.1, -0.05) is 0 Å². The first kappa shape index (κ1) is 4.99. The van der Waals surface area contributed by atoms with Crippen LogP contribution in [-0.4, -0.2) is 27.1 Å². The Labute approximate surface area is 38.0 Å². The van der Waals surface area contributed by atoms with Gasteiger partial charge in [0.05, 0.1) is 0 Å². The molecule has 0 fully saturated rings. The number of hydrogen-bond donors (Lipinski definition) is 1. The summed E-state index contributed by atoms with van der Waals surface area (Å²) in [5.74, 6) is -0.801. The molecule has 0 saturated carbocycles. The van der Waals surface area contributed by atoms with E-state index in [1.807, 2.05) is 0 Å². The molecular weight excluding hydrogens is 135 g/mol. The Bertz CT molecular complexity index is 42.9. The molecule has 0 aromatic heterocycles. The second kappa shape index (κ2) is 2.24. The summed E-state index contributed by atoms with van der Waals surface area (Å²) in [6.07, 6.45) is 0. The van der Waals surface area contributed by atoms with Crippen molar-refractivity contribution in [3.8, 4) is 0 Å². The van der Waals surface area contributed by atoms with E-state index in [2.05, 4.69) is 16.0 Å². The minimum absolute atomic E-state index is 0.0972. The molecule has 1 radical (unpaired) electrons. The summed E-state index contributed by atoms with van der Waals surface area (Å²) in [4.78, 5) is 9.34. The molecule has 0 saturated heterocycles. The predicted octanol–water partition coefficient (Wildman–Crippen LogP) is -0.342. The summed E-state index contributed by atoms with van der Waals surface area (Å²) in [6.45, 7) is 0. The Morgan fingerprint density at radius 1 is 2.00 bits per heavy atom. The first-order valence-electron chi connectivity index (χ1n) is 1.07. The van der Waals surface area contributed by atoms with Gasteiger partial charge in [0, 0.05) is 0 Å². The molecule has 1 N–H and O–H groups in total. The standard InChI is InChI=1S/C2H3O2Se/c3-2(4)1-5/h1H2,(H,3,4). The van der Waals surface area contributed by atoms with Gasteiger partial charge in [-0.05, 0) is 0 Å². The van der Waals surface area contributed by atoms with Crippen LogP contribution in [0, 0.1) is 0 Å². The third kappa shape index (κ3) is 3.99. The fraction of sp³-hybridized carbons (Fsp3) is 0.500. The van der Waals surface area contributed by atoms with E-state index in [4.69, 9.17) is 5.11 Å². The van der Waals surface area contributed by atoms with Crippen LogP contribution in [-0.2, 0) is 4.79 Å². The zero-order valence-corrected chi connectivity index (χ0v) is 4.18. The molecule has 3 heteroatoms. The first-order chi connectivity index (χ1) is 2.27. The van der Waals surface area contributed by atoms with Crippen LogP contribution in [0.2, 0.25) is 5.32 Å². The quantitative estimate of drug-likeness (QED) is 0.503. The molecule has 0 heterocycles. The molecule has 0 aliphatic heterocycles. The number of aliphatic carboxylic acids is 1. The summed E-state index contributed by atoms with van der Waals surface area (Å²) >= 11 is 2.34. The average Bonchev–Trinajstić information content (AvgIpc) is 1.38. The van der Waals surface area contributed by atoms with Crippen LogP contribution in [0.5, 0.6) is 0 Å². The number of carbonyl (C=O) groups is 1. The van der Waals surface area contributed by atoms with Crippen molar-refractivity contribution in [2.45, 2.75) is 5.32 Å². The van der Waals surface area contributed by atoms with E-state index in [1.165, 1.54) is 0 Å². The van der Waals surface area contributed by atoms with E-state index >= 15 is 0 Å². The van der Waals surface area contributed by atoms with Crippen molar-refractivity contribution >= 4 is 22.0 Å². The first-order valence-corrected chi connectivity index (χ1v) is 2.28. The van der Waals surface area contributed by atoms with Crippen LogP contribution in [0.25, 0.3) is 0 Å². The molecular formula is C2H3O2Se. The Morgan fingerprint density at radius 3 is 2.20 bits per heavy atom. The van der Waals surface area contributed by atoms with Crippen LogP contribution in [0.3, 0.4) is 0 Å². The Balaban J connectivity index is 2.85. The summed E-state index contributed by atoms with van der Waals surface area (Å²) in [6, 6.07) is 0.